The first-order valence-electron chi connectivity index (χ1n) is 7.43. The number of rotatable bonds is 0. The summed E-state index contributed by atoms with van der Waals surface area (Å²) in [7, 11) is 0. The maximum Gasteiger partial charge on any atom is 0.194 e. The Morgan fingerprint density at radius 2 is 1.27 bits per heavy atom. The van der Waals surface area contributed by atoms with E-state index in [1.165, 1.54) is 10.9 Å². The van der Waals surface area contributed by atoms with Crippen LogP contribution in [-0.2, 0) is 0 Å². The molecular weight excluding hydrogens is 268 g/mol. The Hall–Kier alpha value is -2.93. The first-order chi connectivity index (χ1) is 10.8. The first-order valence-corrected chi connectivity index (χ1v) is 7.43. The zero-order chi connectivity index (χ0) is 14.7. The molecule has 0 aliphatic heterocycles. The van der Waals surface area contributed by atoms with Gasteiger partial charge in [0.15, 0.2) is 5.78 Å². The Balaban J connectivity index is 2.08. The summed E-state index contributed by atoms with van der Waals surface area (Å²) in [5.74, 6) is 0.130. The van der Waals surface area contributed by atoms with Gasteiger partial charge in [0.05, 0.1) is 0 Å². The quantitative estimate of drug-likeness (QED) is 0.381. The van der Waals surface area contributed by atoms with Crippen molar-refractivity contribution >= 4 is 27.3 Å². The van der Waals surface area contributed by atoms with E-state index in [0.29, 0.717) is 0 Å². The number of fused-ring (bicyclic) bond motifs is 4. The van der Waals surface area contributed by atoms with Gasteiger partial charge in [-0.1, -0.05) is 66.7 Å². The van der Waals surface area contributed by atoms with E-state index < -0.39 is 0 Å². The van der Waals surface area contributed by atoms with Crippen molar-refractivity contribution in [2.75, 3.05) is 0 Å². The van der Waals surface area contributed by atoms with Crippen LogP contribution in [0.3, 0.4) is 0 Å². The second kappa shape index (κ2) is 4.05. The summed E-state index contributed by atoms with van der Waals surface area (Å²) in [4.78, 5) is 12.9. The SMILES string of the molecule is O=C1c2ccc3ccccc3c2-c2cccc3cccc1c23. The van der Waals surface area contributed by atoms with Gasteiger partial charge in [-0.3, -0.25) is 4.79 Å². The lowest BCUT2D eigenvalue weighted by atomic mass is 9.81. The van der Waals surface area contributed by atoms with E-state index in [0.717, 1.165) is 32.8 Å². The largest absolute Gasteiger partial charge is 0.289 e. The molecule has 22 heavy (non-hydrogen) atoms. The average molecular weight is 280 g/mol. The van der Waals surface area contributed by atoms with Gasteiger partial charge >= 0.3 is 0 Å². The molecule has 4 aromatic rings. The molecule has 4 aromatic carbocycles. The van der Waals surface area contributed by atoms with Gasteiger partial charge in [-0.25, -0.2) is 0 Å². The molecule has 1 nitrogen and oxygen atoms in total. The van der Waals surface area contributed by atoms with Crippen LogP contribution >= 0.6 is 0 Å². The fourth-order valence-corrected chi connectivity index (χ4v) is 3.63. The number of hydrogen-bond donors (Lipinski definition) is 0. The summed E-state index contributed by atoms with van der Waals surface area (Å²) in [6, 6.07) is 24.5. The average Bonchev–Trinajstić information content (AvgIpc) is 2.58. The molecule has 0 radical (unpaired) electrons. The third-order valence-corrected chi connectivity index (χ3v) is 4.59. The minimum atomic E-state index is 0.130. The van der Waals surface area contributed by atoms with Crippen LogP contribution in [0.1, 0.15) is 15.9 Å². The number of hydrogen-bond acceptors (Lipinski definition) is 1. The Bertz CT molecular complexity index is 1080. The Morgan fingerprint density at radius 1 is 0.545 bits per heavy atom. The molecule has 0 fully saturated rings. The van der Waals surface area contributed by atoms with Crippen molar-refractivity contribution in [1.29, 1.82) is 0 Å². The lowest BCUT2D eigenvalue weighted by Crippen LogP contribution is -2.10. The van der Waals surface area contributed by atoms with Crippen LogP contribution in [0, 0.1) is 0 Å². The van der Waals surface area contributed by atoms with Crippen LogP contribution in [0.4, 0.5) is 0 Å². The van der Waals surface area contributed by atoms with E-state index in [-0.39, 0.29) is 5.78 Å². The summed E-state index contributed by atoms with van der Waals surface area (Å²) < 4.78 is 0. The number of carbonyl (C=O) groups is 1. The molecule has 0 spiro atoms. The highest BCUT2D eigenvalue weighted by atomic mass is 16.1. The minimum Gasteiger partial charge on any atom is -0.289 e. The summed E-state index contributed by atoms with van der Waals surface area (Å²) in [6.45, 7) is 0. The van der Waals surface area contributed by atoms with Crippen molar-refractivity contribution in [2.45, 2.75) is 0 Å². The topological polar surface area (TPSA) is 17.1 Å². The molecule has 0 saturated heterocycles. The molecule has 0 saturated carbocycles. The third kappa shape index (κ3) is 1.35. The van der Waals surface area contributed by atoms with Crippen LogP contribution in [0.25, 0.3) is 32.7 Å². The minimum absolute atomic E-state index is 0.130. The van der Waals surface area contributed by atoms with Crippen LogP contribution < -0.4 is 0 Å². The number of benzene rings is 4. The standard InChI is InChI=1S/C21H12O/c22-21-17-10-4-7-14-6-3-9-16(19(14)17)20-15-8-2-1-5-13(15)11-12-18(20)21/h1-12H. The highest BCUT2D eigenvalue weighted by molar-refractivity contribution is 6.28. The van der Waals surface area contributed by atoms with E-state index in [1.54, 1.807) is 0 Å². The molecule has 0 bridgehead atoms. The molecule has 0 N–H and O–H groups in total. The van der Waals surface area contributed by atoms with Gasteiger partial charge in [0, 0.05) is 22.1 Å². The van der Waals surface area contributed by atoms with Gasteiger partial charge in [-0.2, -0.15) is 0 Å². The van der Waals surface area contributed by atoms with E-state index in [2.05, 4.69) is 36.4 Å². The van der Waals surface area contributed by atoms with Crippen molar-refractivity contribution in [3.8, 4) is 11.1 Å². The van der Waals surface area contributed by atoms with Gasteiger partial charge in [0.1, 0.15) is 0 Å². The molecule has 102 valence electrons. The lowest BCUT2D eigenvalue weighted by molar-refractivity contribution is 0.104. The highest BCUT2D eigenvalue weighted by Gasteiger charge is 2.26. The van der Waals surface area contributed by atoms with Gasteiger partial charge in [-0.05, 0) is 27.8 Å². The Kier molecular flexibility index (Phi) is 2.15. The van der Waals surface area contributed by atoms with Gasteiger partial charge in [0.25, 0.3) is 0 Å². The lowest BCUT2D eigenvalue weighted by Gasteiger charge is -2.21. The fraction of sp³-hybridized carbons (Fsp3) is 0. The molecule has 0 unspecified atom stereocenters. The predicted molar refractivity (Wildman–Crippen MR) is 90.3 cm³/mol. The van der Waals surface area contributed by atoms with E-state index in [9.17, 15) is 4.79 Å². The van der Waals surface area contributed by atoms with Gasteiger partial charge in [-0.15, -0.1) is 0 Å². The zero-order valence-electron chi connectivity index (χ0n) is 11.8. The van der Waals surface area contributed by atoms with E-state index >= 15 is 0 Å². The van der Waals surface area contributed by atoms with Crippen molar-refractivity contribution in [1.82, 2.24) is 0 Å². The van der Waals surface area contributed by atoms with E-state index in [4.69, 9.17) is 0 Å². The maximum absolute atomic E-state index is 12.9. The molecular formula is C21H12O. The van der Waals surface area contributed by atoms with Crippen molar-refractivity contribution in [3.63, 3.8) is 0 Å². The summed E-state index contributed by atoms with van der Waals surface area (Å²) >= 11 is 0. The van der Waals surface area contributed by atoms with E-state index in [1.807, 2.05) is 36.4 Å². The normalized spacial score (nSPS) is 12.6. The zero-order valence-corrected chi connectivity index (χ0v) is 11.8. The second-order valence-electron chi connectivity index (χ2n) is 5.75. The van der Waals surface area contributed by atoms with Crippen LogP contribution in [0.2, 0.25) is 0 Å². The van der Waals surface area contributed by atoms with Crippen molar-refractivity contribution < 1.29 is 4.79 Å². The maximum atomic E-state index is 12.9. The third-order valence-electron chi connectivity index (χ3n) is 4.59. The predicted octanol–water partition coefficient (Wildman–Crippen LogP) is 5.20. The highest BCUT2D eigenvalue weighted by Crippen LogP contribution is 2.42. The number of ketones is 1. The van der Waals surface area contributed by atoms with Crippen molar-refractivity contribution in [2.24, 2.45) is 0 Å². The Morgan fingerprint density at radius 3 is 2.14 bits per heavy atom. The van der Waals surface area contributed by atoms with Crippen LogP contribution in [0.5, 0.6) is 0 Å². The molecule has 0 amide bonds. The summed E-state index contributed by atoms with van der Waals surface area (Å²) in [5, 5.41) is 4.53. The molecule has 1 heteroatoms. The van der Waals surface area contributed by atoms with Crippen molar-refractivity contribution in [3.05, 3.63) is 83.9 Å². The molecule has 5 rings (SSSR count). The smallest absolute Gasteiger partial charge is 0.194 e. The molecule has 0 heterocycles. The Labute approximate surface area is 127 Å². The number of carbonyl (C=O) groups excluding carboxylic acids is 1. The fourth-order valence-electron chi connectivity index (χ4n) is 3.63. The molecule has 0 atom stereocenters. The molecule has 1 aliphatic rings. The van der Waals surface area contributed by atoms with Gasteiger partial charge < -0.3 is 0 Å². The van der Waals surface area contributed by atoms with Crippen LogP contribution in [-0.4, -0.2) is 5.78 Å². The van der Waals surface area contributed by atoms with Crippen LogP contribution in [0.15, 0.2) is 72.8 Å². The summed E-state index contributed by atoms with van der Waals surface area (Å²) in [6.07, 6.45) is 0. The summed E-state index contributed by atoms with van der Waals surface area (Å²) in [5.41, 5.74) is 3.87. The first kappa shape index (κ1) is 11.7. The molecule has 1 aliphatic carbocycles. The molecule has 0 aromatic heterocycles. The monoisotopic (exact) mass is 280 g/mol. The van der Waals surface area contributed by atoms with Gasteiger partial charge in [0.2, 0.25) is 0 Å². The second-order valence-corrected chi connectivity index (χ2v) is 5.75.